The van der Waals surface area contributed by atoms with E-state index in [1.165, 1.54) is 0 Å². The summed E-state index contributed by atoms with van der Waals surface area (Å²) in [6.45, 7) is 3.99. The monoisotopic (exact) mass is 203 g/mol. The maximum Gasteiger partial charge on any atom is 0.348 e. The Morgan fingerprint density at radius 2 is 2.00 bits per heavy atom. The van der Waals surface area contributed by atoms with Gasteiger partial charge in [0.05, 0.1) is 6.61 Å². The summed E-state index contributed by atoms with van der Waals surface area (Å²) in [5.74, 6) is 1.61. The number of nitrogens with one attached hydrogen (secondary N) is 1. The number of carbonyl (C=O) groups excluding carboxylic acids is 1. The second-order valence-electron chi connectivity index (χ2n) is 3.09. The van der Waals surface area contributed by atoms with E-state index in [4.69, 9.17) is 10.1 Å². The lowest BCUT2D eigenvalue weighted by Crippen LogP contribution is -2.07. The van der Waals surface area contributed by atoms with E-state index in [0.29, 0.717) is 12.2 Å². The van der Waals surface area contributed by atoms with Crippen LogP contribution in [0.5, 0.6) is 0 Å². The van der Waals surface area contributed by atoms with Gasteiger partial charge in [0.15, 0.2) is 0 Å². The van der Waals surface area contributed by atoms with Crippen molar-refractivity contribution in [2.75, 3.05) is 6.61 Å². The summed E-state index contributed by atoms with van der Waals surface area (Å²) in [7, 11) is 0. The summed E-state index contributed by atoms with van der Waals surface area (Å²) >= 11 is 0. The van der Waals surface area contributed by atoms with Crippen molar-refractivity contribution < 1.29 is 9.53 Å². The minimum Gasteiger partial charge on any atom is -0.462 e. The zero-order valence-corrected chi connectivity index (χ0v) is 8.83. The molecule has 0 aromatic heterocycles. The molecule has 1 N–H and O–H groups in total. The molecule has 0 aliphatic carbocycles. The molecule has 3 nitrogen and oxygen atoms in total. The Morgan fingerprint density at radius 1 is 1.40 bits per heavy atom. The summed E-state index contributed by atoms with van der Waals surface area (Å²) in [5, 5.41) is 7.07. The molecule has 15 heavy (non-hydrogen) atoms. The molecule has 1 aromatic carbocycles. The highest BCUT2D eigenvalue weighted by Gasteiger charge is 2.12. The van der Waals surface area contributed by atoms with Crippen LogP contribution in [0.2, 0.25) is 0 Å². The van der Waals surface area contributed by atoms with E-state index in [9.17, 15) is 4.79 Å². The molecule has 0 spiro atoms. The van der Waals surface area contributed by atoms with Crippen molar-refractivity contribution in [2.45, 2.75) is 13.8 Å². The molecule has 0 aliphatic rings. The van der Waals surface area contributed by atoms with E-state index >= 15 is 0 Å². The summed E-state index contributed by atoms with van der Waals surface area (Å²) in [6.07, 6.45) is 0. The fraction of sp³-hybridized carbons (Fsp3) is 0.250. The molecule has 0 atom stereocenters. The number of benzene rings is 1. The number of ether oxygens (including phenoxy) is 1. The molecular weight excluding hydrogens is 190 g/mol. The minimum atomic E-state index is -0.503. The minimum absolute atomic E-state index is 0.164. The van der Waals surface area contributed by atoms with Crippen molar-refractivity contribution in [3.8, 4) is 0 Å². The fourth-order valence-corrected chi connectivity index (χ4v) is 1.16. The molecule has 0 amide bonds. The Kier molecular flexibility index (Phi) is 3.83. The van der Waals surface area contributed by atoms with Crippen LogP contribution >= 0.6 is 0 Å². The molecule has 0 saturated carbocycles. The topological polar surface area (TPSA) is 50.2 Å². The zero-order valence-electron chi connectivity index (χ0n) is 8.83. The van der Waals surface area contributed by atoms with Crippen molar-refractivity contribution in [3.63, 3.8) is 0 Å². The van der Waals surface area contributed by atoms with Gasteiger partial charge in [0.2, 0.25) is 0 Å². The van der Waals surface area contributed by atoms with Crippen LogP contribution < -0.4 is 0 Å². The first-order valence-electron chi connectivity index (χ1n) is 4.73. The van der Waals surface area contributed by atoms with Crippen LogP contribution in [-0.2, 0) is 9.53 Å². The van der Waals surface area contributed by atoms with Gasteiger partial charge in [-0.15, -0.1) is 0 Å². The molecule has 78 valence electrons. The van der Waals surface area contributed by atoms with Crippen molar-refractivity contribution in [1.82, 2.24) is 0 Å². The summed E-state index contributed by atoms with van der Waals surface area (Å²) in [6, 6.07) is 7.32. The van der Waals surface area contributed by atoms with Crippen molar-refractivity contribution >= 4 is 17.4 Å². The Bertz CT molecular complexity index is 400. The molecule has 1 rings (SSSR count). The number of aryl methyl sites for hydroxylation is 1. The number of rotatable bonds is 3. The lowest BCUT2D eigenvalue weighted by molar-refractivity contribution is -0.135. The molecule has 1 aromatic rings. The first kappa shape index (κ1) is 11.2. The Hall–Kier alpha value is -1.86. The van der Waals surface area contributed by atoms with Gasteiger partial charge < -0.3 is 4.74 Å². The van der Waals surface area contributed by atoms with Crippen LogP contribution in [0.3, 0.4) is 0 Å². The Morgan fingerprint density at radius 3 is 2.47 bits per heavy atom. The van der Waals surface area contributed by atoms with E-state index in [1.54, 1.807) is 19.1 Å². The summed E-state index contributed by atoms with van der Waals surface area (Å²) in [4.78, 5) is 11.4. The number of esters is 1. The second kappa shape index (κ2) is 5.13. The maximum atomic E-state index is 11.4. The van der Waals surface area contributed by atoms with Crippen LogP contribution in [0.1, 0.15) is 18.1 Å². The maximum absolute atomic E-state index is 11.4. The van der Waals surface area contributed by atoms with E-state index < -0.39 is 5.97 Å². The molecule has 0 aliphatic heterocycles. The average Bonchev–Trinajstić information content (AvgIpc) is 2.22. The first-order valence-corrected chi connectivity index (χ1v) is 4.73. The number of carbonyl (C=O) groups is 1. The lowest BCUT2D eigenvalue weighted by atomic mass is 10.1. The second-order valence-corrected chi connectivity index (χ2v) is 3.09. The van der Waals surface area contributed by atoms with Gasteiger partial charge in [-0.2, -0.15) is 0 Å². The van der Waals surface area contributed by atoms with Gasteiger partial charge in [0.25, 0.3) is 0 Å². The molecule has 0 heterocycles. The van der Waals surface area contributed by atoms with Crippen LogP contribution in [-0.4, -0.2) is 18.4 Å². The predicted octanol–water partition coefficient (Wildman–Crippen LogP) is 2.19. The third kappa shape index (κ3) is 2.79. The normalized spacial score (nSPS) is 9.20. The number of hydrogen-bond acceptors (Lipinski definition) is 3. The zero-order chi connectivity index (χ0) is 11.3. The molecular formula is C12H13NO2. The third-order valence-electron chi connectivity index (χ3n) is 1.94. The van der Waals surface area contributed by atoms with Crippen LogP contribution in [0, 0.1) is 12.3 Å². The smallest absolute Gasteiger partial charge is 0.348 e. The van der Waals surface area contributed by atoms with Gasteiger partial charge in [-0.3, -0.25) is 5.41 Å². The lowest BCUT2D eigenvalue weighted by Gasteiger charge is -2.04. The first-order chi connectivity index (χ1) is 7.19. The van der Waals surface area contributed by atoms with Crippen molar-refractivity contribution in [2.24, 2.45) is 0 Å². The quantitative estimate of drug-likeness (QED) is 0.465. The van der Waals surface area contributed by atoms with Crippen LogP contribution in [0.15, 0.2) is 24.3 Å². The molecule has 0 radical (unpaired) electrons. The summed E-state index contributed by atoms with van der Waals surface area (Å²) in [5.41, 5.74) is 1.93. The van der Waals surface area contributed by atoms with Gasteiger partial charge in [-0.25, -0.2) is 4.79 Å². The van der Waals surface area contributed by atoms with Crippen LogP contribution in [0.25, 0.3) is 5.57 Å². The Balaban J connectivity index is 2.99. The van der Waals surface area contributed by atoms with E-state index in [-0.39, 0.29) is 5.57 Å². The molecule has 0 bridgehead atoms. The van der Waals surface area contributed by atoms with Gasteiger partial charge in [0, 0.05) is 0 Å². The Labute approximate surface area is 88.9 Å². The SMILES string of the molecule is CCOC(=O)C(=C=N)c1ccc(C)cc1. The molecule has 0 saturated heterocycles. The van der Waals surface area contributed by atoms with Crippen molar-refractivity contribution in [1.29, 1.82) is 5.41 Å². The highest BCUT2D eigenvalue weighted by molar-refractivity contribution is 6.25. The van der Waals surface area contributed by atoms with E-state index in [2.05, 4.69) is 5.87 Å². The highest BCUT2D eigenvalue weighted by Crippen LogP contribution is 2.13. The highest BCUT2D eigenvalue weighted by atomic mass is 16.5. The average molecular weight is 203 g/mol. The predicted molar refractivity (Wildman–Crippen MR) is 58.9 cm³/mol. The molecule has 3 heteroatoms. The molecule has 0 fully saturated rings. The largest absolute Gasteiger partial charge is 0.462 e. The fourth-order valence-electron chi connectivity index (χ4n) is 1.16. The number of hydrogen-bond donors (Lipinski definition) is 1. The van der Waals surface area contributed by atoms with Gasteiger partial charge in [-0.05, 0) is 25.3 Å². The van der Waals surface area contributed by atoms with Gasteiger partial charge >= 0.3 is 5.97 Å². The molecule has 0 unspecified atom stereocenters. The third-order valence-corrected chi connectivity index (χ3v) is 1.94. The van der Waals surface area contributed by atoms with E-state index in [1.807, 2.05) is 19.1 Å². The van der Waals surface area contributed by atoms with Gasteiger partial charge in [-0.1, -0.05) is 29.8 Å². The van der Waals surface area contributed by atoms with Crippen molar-refractivity contribution in [3.05, 3.63) is 35.4 Å². The standard InChI is InChI=1S/C12H13NO2/c1-3-15-12(14)11(8-13)10-6-4-9(2)5-7-10/h4-7,13H,3H2,1-2H3. The van der Waals surface area contributed by atoms with Gasteiger partial charge in [0.1, 0.15) is 5.57 Å². The summed E-state index contributed by atoms with van der Waals surface area (Å²) < 4.78 is 4.82. The van der Waals surface area contributed by atoms with E-state index in [0.717, 1.165) is 5.56 Å². The van der Waals surface area contributed by atoms with Crippen LogP contribution in [0.4, 0.5) is 0 Å².